The Balaban J connectivity index is 1.86. The van der Waals surface area contributed by atoms with E-state index in [1.807, 2.05) is 42.5 Å². The molecule has 2 nitrogen and oxygen atoms in total. The van der Waals surface area contributed by atoms with Crippen LogP contribution in [0.3, 0.4) is 0 Å². The van der Waals surface area contributed by atoms with Crippen molar-refractivity contribution in [1.29, 1.82) is 0 Å². The number of piperidine rings is 1. The van der Waals surface area contributed by atoms with Crippen molar-refractivity contribution < 1.29 is 13.2 Å². The summed E-state index contributed by atoms with van der Waals surface area (Å²) < 4.78 is 42.6. The van der Waals surface area contributed by atoms with E-state index >= 15 is 0 Å². The zero-order valence-corrected chi connectivity index (χ0v) is 14.5. The van der Waals surface area contributed by atoms with Crippen LogP contribution in [-0.2, 0) is 12.7 Å². The summed E-state index contributed by atoms with van der Waals surface area (Å²) in [4.78, 5) is 2.22. The van der Waals surface area contributed by atoms with Gasteiger partial charge in [-0.25, -0.2) is 0 Å². The molecule has 0 atom stereocenters. The topological polar surface area (TPSA) is 8.17 Å². The van der Waals surface area contributed by atoms with Crippen LogP contribution in [0.4, 0.5) is 18.9 Å². The van der Waals surface area contributed by atoms with Crippen LogP contribution in [0, 0.1) is 0 Å². The van der Waals surface area contributed by atoms with E-state index in [1.54, 1.807) is 6.07 Å². The lowest BCUT2D eigenvalue weighted by Crippen LogP contribution is -2.29. The zero-order valence-electron chi connectivity index (χ0n) is 14.5. The van der Waals surface area contributed by atoms with Crippen molar-refractivity contribution >= 4 is 16.6 Å². The Kier molecular flexibility index (Phi) is 4.39. The van der Waals surface area contributed by atoms with E-state index in [0.29, 0.717) is 10.9 Å². The minimum absolute atomic E-state index is 0.211. The van der Waals surface area contributed by atoms with E-state index in [4.69, 9.17) is 0 Å². The molecule has 0 N–H and O–H groups in total. The molecule has 0 aliphatic carbocycles. The number of fused-ring (bicyclic) bond motifs is 1. The lowest BCUT2D eigenvalue weighted by atomic mass is 10.1. The number of hydrogen-bond donors (Lipinski definition) is 0. The summed E-state index contributed by atoms with van der Waals surface area (Å²) in [5.74, 6) is 0. The number of halogens is 3. The van der Waals surface area contributed by atoms with Crippen molar-refractivity contribution in [2.75, 3.05) is 18.0 Å². The Morgan fingerprint density at radius 1 is 0.846 bits per heavy atom. The van der Waals surface area contributed by atoms with Crippen molar-refractivity contribution in [2.45, 2.75) is 32.0 Å². The molecule has 1 fully saturated rings. The van der Waals surface area contributed by atoms with Gasteiger partial charge in [-0.2, -0.15) is 13.2 Å². The summed E-state index contributed by atoms with van der Waals surface area (Å²) in [5.41, 5.74) is 1.84. The molecule has 0 bridgehead atoms. The summed E-state index contributed by atoms with van der Waals surface area (Å²) in [6, 6.07) is 16.2. The number of benzene rings is 2. The molecule has 4 rings (SSSR count). The first-order chi connectivity index (χ1) is 12.5. The zero-order chi connectivity index (χ0) is 18.1. The predicted octanol–water partition coefficient (Wildman–Crippen LogP) is 5.70. The normalized spacial score (nSPS) is 15.6. The Morgan fingerprint density at radius 2 is 1.58 bits per heavy atom. The van der Waals surface area contributed by atoms with Crippen LogP contribution in [0.15, 0.2) is 54.6 Å². The highest BCUT2D eigenvalue weighted by molar-refractivity contribution is 5.94. The van der Waals surface area contributed by atoms with Crippen molar-refractivity contribution in [2.24, 2.45) is 0 Å². The molecule has 1 aliphatic heterocycles. The fourth-order valence-corrected chi connectivity index (χ4v) is 3.85. The highest BCUT2D eigenvalue weighted by Gasteiger charge is 2.36. The number of rotatable bonds is 3. The molecule has 3 aromatic rings. The van der Waals surface area contributed by atoms with Gasteiger partial charge < -0.3 is 9.47 Å². The standard InChI is InChI=1S/C21H21F3N2/c22-21(23,24)20-14-17-18(25-12-5-2-6-13-25)10-7-11-19(17)26(20)15-16-8-3-1-4-9-16/h1,3-4,7-11,14H,2,5-6,12-13,15H2. The van der Waals surface area contributed by atoms with Crippen molar-refractivity contribution in [3.8, 4) is 0 Å². The molecule has 136 valence electrons. The first-order valence-electron chi connectivity index (χ1n) is 9.02. The number of aromatic nitrogens is 1. The maximum absolute atomic E-state index is 13.7. The first-order valence-corrected chi connectivity index (χ1v) is 9.02. The van der Waals surface area contributed by atoms with Crippen LogP contribution in [0.25, 0.3) is 10.9 Å². The van der Waals surface area contributed by atoms with Crippen molar-refractivity contribution in [1.82, 2.24) is 4.57 Å². The summed E-state index contributed by atoms with van der Waals surface area (Å²) >= 11 is 0. The van der Waals surface area contributed by atoms with Crippen molar-refractivity contribution in [3.05, 3.63) is 65.9 Å². The SMILES string of the molecule is FC(F)(F)c1cc2c(N3CCCCC3)cccc2n1Cc1ccccc1. The molecule has 0 unspecified atom stereocenters. The lowest BCUT2D eigenvalue weighted by molar-refractivity contribution is -0.143. The summed E-state index contributed by atoms with van der Waals surface area (Å²) in [7, 11) is 0. The number of anilines is 1. The van der Waals surface area contributed by atoms with Gasteiger partial charge in [-0.05, 0) is 43.0 Å². The van der Waals surface area contributed by atoms with E-state index in [1.165, 1.54) is 17.1 Å². The molecular weight excluding hydrogens is 337 g/mol. The molecule has 1 saturated heterocycles. The quantitative estimate of drug-likeness (QED) is 0.583. The number of alkyl halides is 3. The molecular formula is C21H21F3N2. The first kappa shape index (κ1) is 17.0. The van der Waals surface area contributed by atoms with Crippen LogP contribution < -0.4 is 4.90 Å². The molecule has 1 aliphatic rings. The monoisotopic (exact) mass is 358 g/mol. The third-order valence-electron chi connectivity index (χ3n) is 5.09. The fraction of sp³-hybridized carbons (Fsp3) is 0.333. The van der Waals surface area contributed by atoms with E-state index in [0.717, 1.165) is 37.2 Å². The fourth-order valence-electron chi connectivity index (χ4n) is 3.85. The Hall–Kier alpha value is -2.43. The van der Waals surface area contributed by atoms with Gasteiger partial charge in [-0.1, -0.05) is 36.4 Å². The predicted molar refractivity (Wildman–Crippen MR) is 98.5 cm³/mol. The van der Waals surface area contributed by atoms with Crippen LogP contribution in [0.2, 0.25) is 0 Å². The third kappa shape index (κ3) is 3.18. The highest BCUT2D eigenvalue weighted by atomic mass is 19.4. The smallest absolute Gasteiger partial charge is 0.371 e. The molecule has 0 spiro atoms. The molecule has 2 heterocycles. The van der Waals surface area contributed by atoms with Gasteiger partial charge in [-0.3, -0.25) is 0 Å². The van der Waals surface area contributed by atoms with Crippen LogP contribution >= 0.6 is 0 Å². The average Bonchev–Trinajstić information content (AvgIpc) is 3.02. The summed E-state index contributed by atoms with van der Waals surface area (Å²) in [6.45, 7) is 2.03. The van der Waals surface area contributed by atoms with Crippen LogP contribution in [0.5, 0.6) is 0 Å². The second-order valence-corrected chi connectivity index (χ2v) is 6.86. The third-order valence-corrected chi connectivity index (χ3v) is 5.09. The van der Waals surface area contributed by atoms with Gasteiger partial charge in [0, 0.05) is 30.7 Å². The molecule has 0 saturated carbocycles. The van der Waals surface area contributed by atoms with E-state index in [2.05, 4.69) is 4.90 Å². The Bertz CT molecular complexity index is 891. The maximum atomic E-state index is 13.7. The van der Waals surface area contributed by atoms with Gasteiger partial charge >= 0.3 is 6.18 Å². The minimum atomic E-state index is -4.38. The van der Waals surface area contributed by atoms with Gasteiger partial charge in [-0.15, -0.1) is 0 Å². The molecule has 5 heteroatoms. The summed E-state index contributed by atoms with van der Waals surface area (Å²) in [6.07, 6.45) is -1.01. The highest BCUT2D eigenvalue weighted by Crippen LogP contribution is 2.38. The molecule has 26 heavy (non-hydrogen) atoms. The second-order valence-electron chi connectivity index (χ2n) is 6.86. The van der Waals surface area contributed by atoms with Gasteiger partial charge in [0.1, 0.15) is 5.69 Å². The van der Waals surface area contributed by atoms with Gasteiger partial charge in [0.05, 0.1) is 5.52 Å². The Morgan fingerprint density at radius 3 is 2.27 bits per heavy atom. The molecule has 2 aromatic carbocycles. The number of hydrogen-bond acceptors (Lipinski definition) is 1. The van der Waals surface area contributed by atoms with Crippen molar-refractivity contribution in [3.63, 3.8) is 0 Å². The largest absolute Gasteiger partial charge is 0.431 e. The summed E-state index contributed by atoms with van der Waals surface area (Å²) in [5, 5.41) is 0.692. The maximum Gasteiger partial charge on any atom is 0.431 e. The number of nitrogens with zero attached hydrogens (tertiary/aromatic N) is 2. The molecule has 0 amide bonds. The van der Waals surface area contributed by atoms with Crippen LogP contribution in [-0.4, -0.2) is 17.7 Å². The van der Waals surface area contributed by atoms with Gasteiger partial charge in [0.2, 0.25) is 0 Å². The second kappa shape index (κ2) is 6.71. The van der Waals surface area contributed by atoms with Gasteiger partial charge in [0.25, 0.3) is 0 Å². The lowest BCUT2D eigenvalue weighted by Gasteiger charge is -2.29. The minimum Gasteiger partial charge on any atom is -0.371 e. The Labute approximate surface area is 150 Å². The molecule has 0 radical (unpaired) electrons. The van der Waals surface area contributed by atoms with Gasteiger partial charge in [0.15, 0.2) is 0 Å². The van der Waals surface area contributed by atoms with E-state index in [9.17, 15) is 13.2 Å². The average molecular weight is 358 g/mol. The van der Waals surface area contributed by atoms with E-state index < -0.39 is 11.9 Å². The van der Waals surface area contributed by atoms with Crippen LogP contribution in [0.1, 0.15) is 30.5 Å². The van der Waals surface area contributed by atoms with E-state index in [-0.39, 0.29) is 6.54 Å². The molecule has 1 aromatic heterocycles.